The molecule has 3 aromatic heterocycles. The van der Waals surface area contributed by atoms with Gasteiger partial charge in [-0.15, -0.1) is 0 Å². The number of benzene rings is 1. The van der Waals surface area contributed by atoms with Crippen molar-refractivity contribution < 1.29 is 23.0 Å². The maximum absolute atomic E-state index is 15.3. The highest BCUT2D eigenvalue weighted by Gasteiger charge is 2.34. The maximum atomic E-state index is 15.3. The number of hydrogen-bond acceptors (Lipinski definition) is 9. The number of carbonyl (C=O) groups excluding carboxylic acids is 1. The number of ether oxygens (including phenoxy) is 2. The number of imidazole rings is 1. The van der Waals surface area contributed by atoms with E-state index in [9.17, 15) is 4.79 Å². The monoisotopic (exact) mass is 592 g/mol. The lowest BCUT2D eigenvalue weighted by atomic mass is 9.89. The summed E-state index contributed by atoms with van der Waals surface area (Å²) in [4.78, 5) is 22.6. The van der Waals surface area contributed by atoms with Crippen LogP contribution in [0.1, 0.15) is 26.7 Å². The number of nitrogens with two attached hydrogens (primary N) is 1. The molecular weight excluding hydrogens is 558 g/mol. The van der Waals surface area contributed by atoms with Gasteiger partial charge in [-0.2, -0.15) is 9.61 Å². The lowest BCUT2D eigenvalue weighted by molar-refractivity contribution is -0.120. The molecule has 0 spiro atoms. The van der Waals surface area contributed by atoms with E-state index in [-0.39, 0.29) is 47.0 Å². The Kier molecular flexibility index (Phi) is 8.08. The number of nitrogens with zero attached hydrogens (tertiary/aromatic N) is 5. The second kappa shape index (κ2) is 12.1. The first-order chi connectivity index (χ1) is 20.8. The van der Waals surface area contributed by atoms with Crippen molar-refractivity contribution in [2.75, 3.05) is 36.5 Å². The average molecular weight is 593 g/mol. The number of pyridine rings is 1. The van der Waals surface area contributed by atoms with Gasteiger partial charge >= 0.3 is 0 Å². The first-order valence-corrected chi connectivity index (χ1v) is 14.3. The lowest BCUT2D eigenvalue weighted by Crippen LogP contribution is -2.61. The molecule has 4 N–H and O–H groups in total. The zero-order valence-corrected chi connectivity index (χ0v) is 24.0. The molecule has 226 valence electrons. The number of carbonyl (C=O) groups is 1. The minimum absolute atomic E-state index is 0.100. The van der Waals surface area contributed by atoms with Crippen LogP contribution in [0.5, 0.6) is 5.75 Å². The molecule has 1 aromatic carbocycles. The molecule has 2 fully saturated rings. The van der Waals surface area contributed by atoms with Crippen LogP contribution in [0.3, 0.4) is 0 Å². The van der Waals surface area contributed by atoms with Gasteiger partial charge in [0, 0.05) is 63.3 Å². The second-order valence-corrected chi connectivity index (χ2v) is 11.1. The molecule has 0 aliphatic carbocycles. The molecule has 3 atom stereocenters. The molecule has 1 amide bonds. The number of fused-ring (bicyclic) bond motifs is 1. The zero-order valence-electron chi connectivity index (χ0n) is 24.0. The molecule has 0 radical (unpaired) electrons. The molecular formula is C30H34F2N8O3. The summed E-state index contributed by atoms with van der Waals surface area (Å²) >= 11 is 0. The predicted octanol–water partition coefficient (Wildman–Crippen LogP) is 3.66. The Morgan fingerprint density at radius 3 is 2.60 bits per heavy atom. The molecule has 43 heavy (non-hydrogen) atoms. The lowest BCUT2D eigenvalue weighted by Gasteiger charge is -2.42. The molecule has 5 heterocycles. The zero-order chi connectivity index (χ0) is 30.1. The summed E-state index contributed by atoms with van der Waals surface area (Å²) < 4.78 is 43.2. The summed E-state index contributed by atoms with van der Waals surface area (Å²) in [5.74, 6) is -1.07. The molecule has 11 nitrogen and oxygen atoms in total. The van der Waals surface area contributed by atoms with Crippen molar-refractivity contribution in [2.24, 2.45) is 11.7 Å². The normalized spacial score (nSPS) is 21.1. The maximum Gasteiger partial charge on any atom is 0.229 e. The van der Waals surface area contributed by atoms with Crippen LogP contribution in [0.4, 0.5) is 26.1 Å². The molecule has 2 saturated heterocycles. The molecule has 0 unspecified atom stereocenters. The smallest absolute Gasteiger partial charge is 0.229 e. The Bertz CT molecular complexity index is 1590. The van der Waals surface area contributed by atoms with Gasteiger partial charge < -0.3 is 30.7 Å². The van der Waals surface area contributed by atoms with E-state index in [1.807, 2.05) is 6.07 Å². The molecule has 2 aliphatic rings. The van der Waals surface area contributed by atoms with Gasteiger partial charge in [-0.25, -0.2) is 13.8 Å². The van der Waals surface area contributed by atoms with E-state index < -0.39 is 11.6 Å². The van der Waals surface area contributed by atoms with Crippen LogP contribution in [0.2, 0.25) is 0 Å². The van der Waals surface area contributed by atoms with Gasteiger partial charge in [0.1, 0.15) is 23.5 Å². The SMILES string of the molecule is CC(=O)N[C@@H]1[C@H](N)CN(c2ccncc2Nc2ncc3ccc(-c4c(F)cc(OC5CCOCC5)cc4F)nn23)C[C@@H]1C. The topological polar surface area (TPSA) is 132 Å². The fourth-order valence-electron chi connectivity index (χ4n) is 5.84. The van der Waals surface area contributed by atoms with Gasteiger partial charge in [-0.1, -0.05) is 6.92 Å². The Morgan fingerprint density at radius 2 is 1.88 bits per heavy atom. The van der Waals surface area contributed by atoms with E-state index in [0.29, 0.717) is 56.3 Å². The van der Waals surface area contributed by atoms with Crippen LogP contribution in [0, 0.1) is 17.6 Å². The van der Waals surface area contributed by atoms with Crippen molar-refractivity contribution in [1.82, 2.24) is 24.9 Å². The summed E-state index contributed by atoms with van der Waals surface area (Å²) in [6.45, 7) is 5.84. The van der Waals surface area contributed by atoms with Crippen molar-refractivity contribution in [3.05, 3.63) is 60.6 Å². The van der Waals surface area contributed by atoms with Crippen LogP contribution in [-0.2, 0) is 9.53 Å². The third-order valence-electron chi connectivity index (χ3n) is 7.90. The van der Waals surface area contributed by atoms with Crippen LogP contribution in [0.25, 0.3) is 16.8 Å². The Morgan fingerprint density at radius 1 is 1.12 bits per heavy atom. The third kappa shape index (κ3) is 6.09. The number of piperidine rings is 1. The number of anilines is 3. The first-order valence-electron chi connectivity index (χ1n) is 14.3. The number of rotatable bonds is 7. The van der Waals surface area contributed by atoms with Gasteiger partial charge in [0.25, 0.3) is 0 Å². The van der Waals surface area contributed by atoms with Crippen molar-refractivity contribution in [3.63, 3.8) is 0 Å². The van der Waals surface area contributed by atoms with E-state index in [0.717, 1.165) is 5.69 Å². The summed E-state index contributed by atoms with van der Waals surface area (Å²) in [6.07, 6.45) is 6.17. The number of nitrogens with one attached hydrogen (secondary N) is 2. The standard InChI is InChI=1S/C30H34F2N8O3/c1-17-15-39(16-24(33)29(17)36-18(2)41)27-5-8-34-14-26(27)37-30-35-13-19-3-4-25(38-40(19)30)28-22(31)11-21(12-23(28)32)43-20-6-9-42-10-7-20/h3-5,8,11-14,17,20,24,29H,6-7,9-10,15-16,33H2,1-2H3,(H,35,37)(H,36,41)/t17-,24+,29-/m0/s1. The van der Waals surface area contributed by atoms with Gasteiger partial charge in [0.05, 0.1) is 53.8 Å². The summed E-state index contributed by atoms with van der Waals surface area (Å²) in [5.41, 5.74) is 8.45. The highest BCUT2D eigenvalue weighted by atomic mass is 19.1. The highest BCUT2D eigenvalue weighted by molar-refractivity contribution is 5.75. The Labute approximate surface area is 247 Å². The third-order valence-corrected chi connectivity index (χ3v) is 7.90. The first kappa shape index (κ1) is 28.7. The molecule has 6 rings (SSSR count). The molecule has 13 heteroatoms. The van der Waals surface area contributed by atoms with Gasteiger partial charge in [-0.05, 0) is 24.1 Å². The summed E-state index contributed by atoms with van der Waals surface area (Å²) in [6, 6.07) is 7.11. The van der Waals surface area contributed by atoms with Crippen molar-refractivity contribution in [1.29, 1.82) is 0 Å². The van der Waals surface area contributed by atoms with Crippen LogP contribution >= 0.6 is 0 Å². The number of hydrogen-bond donors (Lipinski definition) is 3. The average Bonchev–Trinajstić information content (AvgIpc) is 3.37. The van der Waals surface area contributed by atoms with E-state index in [1.165, 1.54) is 23.6 Å². The van der Waals surface area contributed by atoms with E-state index in [2.05, 4.69) is 37.5 Å². The van der Waals surface area contributed by atoms with Crippen LogP contribution in [0.15, 0.2) is 48.9 Å². The van der Waals surface area contributed by atoms with Gasteiger partial charge in [0.2, 0.25) is 11.9 Å². The van der Waals surface area contributed by atoms with Crippen LogP contribution < -0.4 is 26.0 Å². The van der Waals surface area contributed by atoms with Gasteiger partial charge in [-0.3, -0.25) is 9.78 Å². The largest absolute Gasteiger partial charge is 0.490 e. The number of amides is 1. The summed E-state index contributed by atoms with van der Waals surface area (Å²) in [5, 5.41) is 10.8. The van der Waals surface area contributed by atoms with Crippen molar-refractivity contribution in [3.8, 4) is 17.0 Å². The minimum atomic E-state index is -0.772. The predicted molar refractivity (Wildman–Crippen MR) is 157 cm³/mol. The Balaban J connectivity index is 1.26. The number of halogens is 2. The fraction of sp³-hybridized carbons (Fsp3) is 0.400. The second-order valence-electron chi connectivity index (χ2n) is 11.1. The molecule has 4 aromatic rings. The molecule has 0 saturated carbocycles. The van der Waals surface area contributed by atoms with Crippen molar-refractivity contribution in [2.45, 2.75) is 44.9 Å². The van der Waals surface area contributed by atoms with Gasteiger partial charge in [0.15, 0.2) is 0 Å². The quantitative estimate of drug-likeness (QED) is 0.294. The highest BCUT2D eigenvalue weighted by Crippen LogP contribution is 2.33. The van der Waals surface area contributed by atoms with E-state index in [4.69, 9.17) is 15.2 Å². The van der Waals surface area contributed by atoms with E-state index >= 15 is 8.78 Å². The fourth-order valence-corrected chi connectivity index (χ4v) is 5.84. The number of aromatic nitrogens is 4. The van der Waals surface area contributed by atoms with E-state index in [1.54, 1.807) is 30.7 Å². The molecule has 2 aliphatic heterocycles. The summed E-state index contributed by atoms with van der Waals surface area (Å²) in [7, 11) is 0. The van der Waals surface area contributed by atoms with Crippen LogP contribution in [-0.4, -0.2) is 70.0 Å². The van der Waals surface area contributed by atoms with Crippen molar-refractivity contribution >= 4 is 28.7 Å². The molecule has 0 bridgehead atoms. The minimum Gasteiger partial charge on any atom is -0.490 e. The Hall–Kier alpha value is -4.36.